The average Bonchev–Trinajstić information content (AvgIpc) is 2.73. The van der Waals surface area contributed by atoms with Crippen molar-refractivity contribution in [3.8, 4) is 0 Å². The van der Waals surface area contributed by atoms with Crippen LogP contribution in [0.4, 0.5) is 0 Å². The molecule has 2 N–H and O–H groups in total. The summed E-state index contributed by atoms with van der Waals surface area (Å²) in [7, 11) is 2.03. The maximum atomic E-state index is 6.09. The lowest BCUT2D eigenvalue weighted by molar-refractivity contribution is 0.521. The van der Waals surface area contributed by atoms with Gasteiger partial charge < -0.3 is 5.73 Å². The Morgan fingerprint density at radius 1 is 1.44 bits per heavy atom. The third-order valence-corrected chi connectivity index (χ3v) is 3.47. The van der Waals surface area contributed by atoms with Crippen molar-refractivity contribution in [2.45, 2.75) is 57.4 Å². The molecule has 0 unspecified atom stereocenters. The molecule has 0 radical (unpaired) electrons. The maximum Gasteiger partial charge on any atom is 0.0628 e. The molecule has 2 rings (SSSR count). The molecular weight excluding hydrogens is 198 g/mol. The van der Waals surface area contributed by atoms with Gasteiger partial charge in [-0.25, -0.2) is 0 Å². The third-order valence-electron chi connectivity index (χ3n) is 3.47. The molecule has 1 aliphatic carbocycles. The van der Waals surface area contributed by atoms with E-state index in [9.17, 15) is 0 Å². The fourth-order valence-electron chi connectivity index (χ4n) is 2.14. The fraction of sp³-hybridized carbons (Fsp3) is 0.769. The normalized spacial score (nSPS) is 18.8. The molecule has 16 heavy (non-hydrogen) atoms. The Kier molecular flexibility index (Phi) is 2.61. The average molecular weight is 221 g/mol. The van der Waals surface area contributed by atoms with E-state index in [0.717, 1.165) is 12.8 Å². The quantitative estimate of drug-likeness (QED) is 0.850. The summed E-state index contributed by atoms with van der Waals surface area (Å²) < 4.78 is 2.01. The van der Waals surface area contributed by atoms with Crippen LogP contribution in [0.1, 0.15) is 51.4 Å². The summed E-state index contributed by atoms with van der Waals surface area (Å²) >= 11 is 0. The van der Waals surface area contributed by atoms with Gasteiger partial charge in [-0.15, -0.1) is 0 Å². The molecule has 90 valence electrons. The highest BCUT2D eigenvalue weighted by Crippen LogP contribution is 2.36. The number of hydrogen-bond acceptors (Lipinski definition) is 2. The Morgan fingerprint density at radius 2 is 2.06 bits per heavy atom. The predicted octanol–water partition coefficient (Wildman–Crippen LogP) is 2.14. The van der Waals surface area contributed by atoms with Crippen LogP contribution in [0.2, 0.25) is 0 Å². The lowest BCUT2D eigenvalue weighted by Gasteiger charge is -2.17. The zero-order valence-corrected chi connectivity index (χ0v) is 10.9. The highest BCUT2D eigenvalue weighted by Gasteiger charge is 2.37. The maximum absolute atomic E-state index is 6.09. The van der Waals surface area contributed by atoms with Gasteiger partial charge in [0, 0.05) is 23.7 Å². The SMILES string of the molecule is Cn1nc(CCC2(N)CC2)cc1C(C)(C)C. The fourth-order valence-corrected chi connectivity index (χ4v) is 2.14. The summed E-state index contributed by atoms with van der Waals surface area (Å²) in [6, 6.07) is 2.23. The van der Waals surface area contributed by atoms with Crippen LogP contribution in [0.3, 0.4) is 0 Å². The smallest absolute Gasteiger partial charge is 0.0628 e. The number of aromatic nitrogens is 2. The second-order valence-electron chi connectivity index (χ2n) is 6.26. The molecule has 1 aliphatic rings. The van der Waals surface area contributed by atoms with Gasteiger partial charge in [0.25, 0.3) is 0 Å². The van der Waals surface area contributed by atoms with E-state index >= 15 is 0 Å². The molecule has 1 fully saturated rings. The molecular formula is C13H23N3. The van der Waals surface area contributed by atoms with Gasteiger partial charge in [-0.1, -0.05) is 20.8 Å². The van der Waals surface area contributed by atoms with Crippen LogP contribution >= 0.6 is 0 Å². The highest BCUT2D eigenvalue weighted by atomic mass is 15.3. The molecule has 0 bridgehead atoms. The van der Waals surface area contributed by atoms with E-state index in [2.05, 4.69) is 31.9 Å². The monoisotopic (exact) mass is 221 g/mol. The van der Waals surface area contributed by atoms with Crippen molar-refractivity contribution in [1.82, 2.24) is 9.78 Å². The van der Waals surface area contributed by atoms with E-state index in [4.69, 9.17) is 5.73 Å². The van der Waals surface area contributed by atoms with Gasteiger partial charge in [-0.05, 0) is 31.7 Å². The highest BCUT2D eigenvalue weighted by molar-refractivity contribution is 5.18. The molecule has 0 atom stereocenters. The van der Waals surface area contributed by atoms with E-state index in [-0.39, 0.29) is 11.0 Å². The Balaban J connectivity index is 2.06. The molecule has 1 aromatic heterocycles. The van der Waals surface area contributed by atoms with Crippen molar-refractivity contribution in [3.05, 3.63) is 17.5 Å². The lowest BCUT2D eigenvalue weighted by atomic mass is 9.91. The summed E-state index contributed by atoms with van der Waals surface area (Å²) in [4.78, 5) is 0. The first-order chi connectivity index (χ1) is 7.30. The summed E-state index contributed by atoms with van der Waals surface area (Å²) in [5.41, 5.74) is 8.88. The number of nitrogens with zero attached hydrogens (tertiary/aromatic N) is 2. The second-order valence-corrected chi connectivity index (χ2v) is 6.26. The number of nitrogens with two attached hydrogens (primary N) is 1. The van der Waals surface area contributed by atoms with Gasteiger partial charge in [0.15, 0.2) is 0 Å². The molecule has 0 aliphatic heterocycles. The number of hydrogen-bond donors (Lipinski definition) is 1. The summed E-state index contributed by atoms with van der Waals surface area (Å²) in [6.07, 6.45) is 4.46. The van der Waals surface area contributed by atoms with Gasteiger partial charge in [0.05, 0.1) is 5.69 Å². The Bertz CT molecular complexity index is 380. The molecule has 0 saturated heterocycles. The summed E-state index contributed by atoms with van der Waals surface area (Å²) in [6.45, 7) is 6.66. The number of aryl methyl sites for hydroxylation is 2. The van der Waals surface area contributed by atoms with Gasteiger partial charge in [0.1, 0.15) is 0 Å². The Labute approximate surface area is 98.0 Å². The molecule has 1 aromatic rings. The Morgan fingerprint density at radius 3 is 2.50 bits per heavy atom. The van der Waals surface area contributed by atoms with Crippen LogP contribution in [-0.2, 0) is 18.9 Å². The van der Waals surface area contributed by atoms with Gasteiger partial charge in [0.2, 0.25) is 0 Å². The first-order valence-corrected chi connectivity index (χ1v) is 6.12. The molecule has 0 amide bonds. The second kappa shape index (κ2) is 3.59. The van der Waals surface area contributed by atoms with Gasteiger partial charge in [-0.3, -0.25) is 4.68 Å². The van der Waals surface area contributed by atoms with Crippen LogP contribution in [-0.4, -0.2) is 15.3 Å². The minimum atomic E-state index is 0.138. The molecule has 1 saturated carbocycles. The van der Waals surface area contributed by atoms with Crippen LogP contribution in [0.25, 0.3) is 0 Å². The van der Waals surface area contributed by atoms with Crippen molar-refractivity contribution in [3.63, 3.8) is 0 Å². The molecule has 3 heteroatoms. The topological polar surface area (TPSA) is 43.8 Å². The van der Waals surface area contributed by atoms with E-state index in [1.165, 1.54) is 24.2 Å². The summed E-state index contributed by atoms with van der Waals surface area (Å²) in [5.74, 6) is 0. The predicted molar refractivity (Wildman–Crippen MR) is 66.4 cm³/mol. The first-order valence-electron chi connectivity index (χ1n) is 6.12. The van der Waals surface area contributed by atoms with Crippen LogP contribution in [0.15, 0.2) is 6.07 Å². The largest absolute Gasteiger partial charge is 0.325 e. The minimum Gasteiger partial charge on any atom is -0.325 e. The van der Waals surface area contributed by atoms with Crippen LogP contribution in [0.5, 0.6) is 0 Å². The van der Waals surface area contributed by atoms with Gasteiger partial charge in [-0.2, -0.15) is 5.10 Å². The molecule has 0 spiro atoms. The third kappa shape index (κ3) is 2.46. The van der Waals surface area contributed by atoms with Crippen LogP contribution < -0.4 is 5.73 Å². The van der Waals surface area contributed by atoms with E-state index in [1.54, 1.807) is 0 Å². The van der Waals surface area contributed by atoms with Crippen molar-refractivity contribution in [1.29, 1.82) is 0 Å². The van der Waals surface area contributed by atoms with Crippen molar-refractivity contribution in [2.75, 3.05) is 0 Å². The lowest BCUT2D eigenvalue weighted by Crippen LogP contribution is -2.22. The first kappa shape index (κ1) is 11.6. The Hall–Kier alpha value is -0.830. The zero-order valence-electron chi connectivity index (χ0n) is 10.9. The van der Waals surface area contributed by atoms with Crippen molar-refractivity contribution >= 4 is 0 Å². The van der Waals surface area contributed by atoms with Crippen molar-refractivity contribution in [2.24, 2.45) is 12.8 Å². The molecule has 0 aromatic carbocycles. The molecule has 1 heterocycles. The van der Waals surface area contributed by atoms with E-state index in [0.29, 0.717) is 0 Å². The van der Waals surface area contributed by atoms with Crippen molar-refractivity contribution < 1.29 is 0 Å². The minimum absolute atomic E-state index is 0.138. The number of rotatable bonds is 3. The van der Waals surface area contributed by atoms with E-state index < -0.39 is 0 Å². The zero-order chi connectivity index (χ0) is 12.0. The summed E-state index contributed by atoms with van der Waals surface area (Å²) in [5, 5.41) is 4.57. The molecule has 3 nitrogen and oxygen atoms in total. The van der Waals surface area contributed by atoms with Crippen LogP contribution in [0, 0.1) is 0 Å². The van der Waals surface area contributed by atoms with Gasteiger partial charge >= 0.3 is 0 Å². The standard InChI is InChI=1S/C13H23N3/c1-12(2,3)11-9-10(15-16(11)4)5-6-13(14)7-8-13/h9H,5-8,14H2,1-4H3. The van der Waals surface area contributed by atoms with E-state index in [1.807, 2.05) is 11.7 Å².